The van der Waals surface area contributed by atoms with E-state index in [1.807, 2.05) is 30.3 Å². The predicted octanol–water partition coefficient (Wildman–Crippen LogP) is 6.32. The van der Waals surface area contributed by atoms with Crippen LogP contribution in [0.5, 0.6) is 11.5 Å². The molecule has 0 unspecified atom stereocenters. The van der Waals surface area contributed by atoms with E-state index in [-0.39, 0.29) is 24.4 Å². The largest absolute Gasteiger partial charge is 0.493 e. The summed E-state index contributed by atoms with van der Waals surface area (Å²) in [6, 6.07) is 14.6. The van der Waals surface area contributed by atoms with Crippen LogP contribution in [0.25, 0.3) is 11.1 Å². The number of nitrogens with zero attached hydrogens (tertiary/aromatic N) is 3. The molecule has 220 valence electrons. The summed E-state index contributed by atoms with van der Waals surface area (Å²) in [5.74, 6) is 2.40. The quantitative estimate of drug-likeness (QED) is 0.211. The second-order valence-electron chi connectivity index (χ2n) is 10.6. The van der Waals surface area contributed by atoms with Crippen LogP contribution in [0, 0.1) is 5.92 Å². The van der Waals surface area contributed by atoms with Gasteiger partial charge in [-0.05, 0) is 92.9 Å². The number of hydrogen-bond donors (Lipinski definition) is 1. The van der Waals surface area contributed by atoms with Gasteiger partial charge in [0, 0.05) is 35.1 Å². The number of likely N-dealkylation sites (tertiary alicyclic amines) is 1. The van der Waals surface area contributed by atoms with Crippen molar-refractivity contribution in [1.82, 2.24) is 20.2 Å². The van der Waals surface area contributed by atoms with Gasteiger partial charge in [-0.15, -0.1) is 12.4 Å². The van der Waals surface area contributed by atoms with Crippen LogP contribution >= 0.6 is 35.8 Å². The van der Waals surface area contributed by atoms with Crippen LogP contribution in [0.4, 0.5) is 0 Å². The molecule has 0 bridgehead atoms. The van der Waals surface area contributed by atoms with Crippen molar-refractivity contribution in [3.8, 4) is 22.6 Å². The van der Waals surface area contributed by atoms with Gasteiger partial charge in [0.25, 0.3) is 0 Å². The molecule has 1 aliphatic heterocycles. The van der Waals surface area contributed by atoms with Gasteiger partial charge in [-0.2, -0.15) is 0 Å². The van der Waals surface area contributed by atoms with E-state index in [9.17, 15) is 4.79 Å². The van der Waals surface area contributed by atoms with E-state index in [0.717, 1.165) is 54.9 Å². The highest BCUT2D eigenvalue weighted by Gasteiger charge is 2.35. The van der Waals surface area contributed by atoms with Gasteiger partial charge in [0.15, 0.2) is 16.7 Å². The first kappa shape index (κ1) is 31.4. The average Bonchev–Trinajstić information content (AvgIpc) is 3.45. The molecule has 3 aromatic rings. The number of halogens is 2. The molecule has 1 aromatic heterocycles. The van der Waals surface area contributed by atoms with Crippen molar-refractivity contribution in [3.63, 3.8) is 0 Å². The number of aromatic nitrogens is 2. The topological polar surface area (TPSA) is 76.6 Å². The third-order valence-electron chi connectivity index (χ3n) is 8.06. The third-order valence-corrected chi connectivity index (χ3v) is 9.19. The van der Waals surface area contributed by atoms with E-state index in [4.69, 9.17) is 21.1 Å². The lowest BCUT2D eigenvalue weighted by molar-refractivity contribution is -0.119. The first-order valence-electron chi connectivity index (χ1n) is 14.0. The Balaban J connectivity index is 0.00000387. The van der Waals surface area contributed by atoms with Crippen LogP contribution in [0.3, 0.4) is 0 Å². The molecular weight excluding hydrogens is 579 g/mol. The van der Waals surface area contributed by atoms with Gasteiger partial charge < -0.3 is 14.8 Å². The second kappa shape index (κ2) is 15.1. The molecule has 2 aromatic carbocycles. The Hall–Kier alpha value is -2.52. The number of hydrogen-bond acceptors (Lipinski definition) is 7. The molecule has 1 N–H and O–H groups in total. The fourth-order valence-corrected chi connectivity index (χ4v) is 6.65. The van der Waals surface area contributed by atoms with Crippen LogP contribution in [-0.4, -0.2) is 65.9 Å². The molecule has 5 rings (SSSR count). The Labute approximate surface area is 258 Å². The van der Waals surface area contributed by atoms with E-state index in [0.29, 0.717) is 34.4 Å². The molecule has 2 atom stereocenters. The van der Waals surface area contributed by atoms with Crippen molar-refractivity contribution in [2.45, 2.75) is 55.8 Å². The zero-order chi connectivity index (χ0) is 27.9. The Morgan fingerprint density at radius 2 is 1.68 bits per heavy atom. The number of thioether (sulfide) groups is 1. The Morgan fingerprint density at radius 1 is 0.976 bits per heavy atom. The zero-order valence-corrected chi connectivity index (χ0v) is 25.9. The Bertz CT molecular complexity index is 1270. The molecule has 1 amide bonds. The van der Waals surface area contributed by atoms with Crippen molar-refractivity contribution in [1.29, 1.82) is 0 Å². The summed E-state index contributed by atoms with van der Waals surface area (Å²) in [6.45, 7) is 2.20. The minimum Gasteiger partial charge on any atom is -0.493 e. The van der Waals surface area contributed by atoms with Gasteiger partial charge in [-0.1, -0.05) is 41.6 Å². The summed E-state index contributed by atoms with van der Waals surface area (Å²) in [7, 11) is 3.23. The van der Waals surface area contributed by atoms with Gasteiger partial charge in [0.05, 0.1) is 20.0 Å². The summed E-state index contributed by atoms with van der Waals surface area (Å²) < 4.78 is 10.7. The number of nitrogens with one attached hydrogen (secondary N) is 1. The van der Waals surface area contributed by atoms with E-state index < -0.39 is 0 Å². The summed E-state index contributed by atoms with van der Waals surface area (Å²) in [5, 5.41) is 4.70. The number of piperidine rings is 1. The summed E-state index contributed by atoms with van der Waals surface area (Å²) in [5.41, 5.74) is 3.18. The normalized spacial score (nSPS) is 19.4. The van der Waals surface area contributed by atoms with Gasteiger partial charge in [0.2, 0.25) is 5.91 Å². The number of ether oxygens (including phenoxy) is 2. The highest BCUT2D eigenvalue weighted by Crippen LogP contribution is 2.33. The molecule has 1 saturated heterocycles. The maximum atomic E-state index is 12.9. The fourth-order valence-electron chi connectivity index (χ4n) is 5.92. The molecule has 0 spiro atoms. The van der Waals surface area contributed by atoms with Crippen LogP contribution in [-0.2, 0) is 11.2 Å². The van der Waals surface area contributed by atoms with Gasteiger partial charge in [0.1, 0.15) is 0 Å². The predicted molar refractivity (Wildman–Crippen MR) is 168 cm³/mol. The number of carbonyl (C=O) groups excluding carboxylic acids is 1. The SMILES string of the molecule is COc1ccc(-c2cnc(SCC(=O)N[C@@H]3CCC[C@@H]3N3CCC(Cc4ccc(Cl)cc4)CC3)nc2)cc1OC.Cl. The third kappa shape index (κ3) is 8.28. The lowest BCUT2D eigenvalue weighted by Gasteiger charge is -2.38. The molecule has 2 heterocycles. The van der Waals surface area contributed by atoms with Crippen molar-refractivity contribution in [2.24, 2.45) is 5.92 Å². The number of benzene rings is 2. The van der Waals surface area contributed by atoms with Gasteiger partial charge in [-0.3, -0.25) is 9.69 Å². The molecule has 7 nitrogen and oxygen atoms in total. The number of methoxy groups -OCH3 is 2. The first-order chi connectivity index (χ1) is 19.5. The number of rotatable bonds is 10. The number of amides is 1. The Morgan fingerprint density at radius 3 is 2.37 bits per heavy atom. The highest BCUT2D eigenvalue weighted by molar-refractivity contribution is 7.99. The maximum Gasteiger partial charge on any atom is 0.230 e. The summed E-state index contributed by atoms with van der Waals surface area (Å²) in [6.07, 6.45) is 10.4. The zero-order valence-electron chi connectivity index (χ0n) is 23.6. The van der Waals surface area contributed by atoms with Crippen LogP contribution in [0.1, 0.15) is 37.7 Å². The van der Waals surface area contributed by atoms with E-state index in [1.54, 1.807) is 26.6 Å². The van der Waals surface area contributed by atoms with Gasteiger partial charge in [-0.25, -0.2) is 9.97 Å². The lowest BCUT2D eigenvalue weighted by Crippen LogP contribution is -2.51. The van der Waals surface area contributed by atoms with Crippen molar-refractivity contribution in [3.05, 3.63) is 65.4 Å². The smallest absolute Gasteiger partial charge is 0.230 e. The van der Waals surface area contributed by atoms with Crippen LogP contribution < -0.4 is 14.8 Å². The Kier molecular flexibility index (Phi) is 11.6. The fraction of sp³-hybridized carbons (Fsp3) is 0.452. The van der Waals surface area contributed by atoms with Crippen LogP contribution in [0.15, 0.2) is 60.0 Å². The lowest BCUT2D eigenvalue weighted by atomic mass is 9.89. The number of carbonyl (C=O) groups is 1. The molecule has 10 heteroatoms. The molecule has 41 heavy (non-hydrogen) atoms. The summed E-state index contributed by atoms with van der Waals surface area (Å²) in [4.78, 5) is 24.4. The molecule has 2 aliphatic rings. The molecule has 2 fully saturated rings. The first-order valence-corrected chi connectivity index (χ1v) is 15.3. The van der Waals surface area contributed by atoms with E-state index in [1.165, 1.54) is 30.2 Å². The average molecular weight is 618 g/mol. The molecule has 1 saturated carbocycles. The standard InChI is InChI=1S/C31H37ClN4O3S.ClH/c1-38-28-11-8-23(17-29(28)39-2)24-18-33-31(34-19-24)40-20-30(37)35-26-4-3-5-27(26)36-14-12-22(13-15-36)16-21-6-9-25(32)10-7-21;/h6-11,17-19,22,26-27H,3-5,12-16,20H2,1-2H3,(H,35,37);1H/t26-,27+;/m1./s1. The highest BCUT2D eigenvalue weighted by atomic mass is 35.5. The molecular formula is C31H38Cl2N4O3S. The minimum atomic E-state index is 0. The van der Waals surface area contributed by atoms with Crippen molar-refractivity contribution < 1.29 is 14.3 Å². The van der Waals surface area contributed by atoms with Crippen molar-refractivity contribution >= 4 is 41.7 Å². The monoisotopic (exact) mass is 616 g/mol. The van der Waals surface area contributed by atoms with Gasteiger partial charge >= 0.3 is 0 Å². The summed E-state index contributed by atoms with van der Waals surface area (Å²) >= 11 is 7.41. The van der Waals surface area contributed by atoms with E-state index in [2.05, 4.69) is 32.3 Å². The maximum absolute atomic E-state index is 12.9. The minimum absolute atomic E-state index is 0. The molecule has 0 radical (unpaired) electrons. The second-order valence-corrected chi connectivity index (χ2v) is 12.0. The van der Waals surface area contributed by atoms with E-state index >= 15 is 0 Å². The van der Waals surface area contributed by atoms with Crippen molar-refractivity contribution in [2.75, 3.05) is 33.1 Å². The van der Waals surface area contributed by atoms with Crippen LogP contribution in [0.2, 0.25) is 5.02 Å². The molecule has 1 aliphatic carbocycles.